The van der Waals surface area contributed by atoms with E-state index in [1.807, 2.05) is 29.5 Å². The van der Waals surface area contributed by atoms with E-state index in [-0.39, 0.29) is 23.2 Å². The Labute approximate surface area is 231 Å². The average Bonchev–Trinajstić information content (AvgIpc) is 3.25. The summed E-state index contributed by atoms with van der Waals surface area (Å²) >= 11 is 12.7. The summed E-state index contributed by atoms with van der Waals surface area (Å²) in [6, 6.07) is 13.1. The Morgan fingerprint density at radius 3 is 2.26 bits per heavy atom. The van der Waals surface area contributed by atoms with Crippen LogP contribution in [0.4, 0.5) is 10.1 Å². The number of nitrogens with zero attached hydrogens (tertiary/aromatic N) is 4. The Morgan fingerprint density at radius 2 is 1.66 bits per heavy atom. The first-order valence-corrected chi connectivity index (χ1v) is 13.8. The molecule has 9 heteroatoms. The Hall–Kier alpha value is -3.03. The van der Waals surface area contributed by atoms with E-state index >= 15 is 0 Å². The predicted octanol–water partition coefficient (Wildman–Crippen LogP) is 5.88. The molecule has 1 amide bonds. The first-order chi connectivity index (χ1) is 18.2. The van der Waals surface area contributed by atoms with Crippen LogP contribution in [0.2, 0.25) is 10.0 Å². The smallest absolute Gasteiger partial charge is 0.266 e. The maximum atomic E-state index is 14.3. The minimum Gasteiger partial charge on any atom is -0.368 e. The number of fused-ring (bicyclic) bond motifs is 1. The van der Waals surface area contributed by atoms with Crippen LogP contribution in [0, 0.1) is 5.82 Å². The number of benzene rings is 2. The third-order valence-electron chi connectivity index (χ3n) is 7.83. The van der Waals surface area contributed by atoms with Crippen molar-refractivity contribution in [2.75, 3.05) is 31.1 Å². The van der Waals surface area contributed by atoms with Crippen molar-refractivity contribution in [3.8, 4) is 0 Å². The monoisotopic (exact) mass is 556 g/mol. The highest BCUT2D eigenvalue weighted by Gasteiger charge is 2.40. The van der Waals surface area contributed by atoms with Gasteiger partial charge in [-0.2, -0.15) is 0 Å². The molecule has 0 bridgehead atoms. The number of rotatable bonds is 5. The summed E-state index contributed by atoms with van der Waals surface area (Å²) in [6.45, 7) is 8.87. The molecule has 0 radical (unpaired) electrons. The quantitative estimate of drug-likeness (QED) is 0.394. The van der Waals surface area contributed by atoms with E-state index in [0.29, 0.717) is 48.3 Å². The molecule has 200 valence electrons. The Bertz CT molecular complexity index is 1450. The molecule has 2 aliphatic heterocycles. The molecule has 1 fully saturated rings. The average molecular weight is 557 g/mol. The molecule has 1 aromatic heterocycles. The van der Waals surface area contributed by atoms with Crippen molar-refractivity contribution in [1.29, 1.82) is 0 Å². The number of halogens is 3. The molecule has 1 saturated heterocycles. The molecule has 3 aromatic rings. The zero-order valence-electron chi connectivity index (χ0n) is 21.8. The molecular formula is C29H31Cl2FN4O2. The van der Waals surface area contributed by atoms with Gasteiger partial charge >= 0.3 is 0 Å². The summed E-state index contributed by atoms with van der Waals surface area (Å²) in [5.41, 5.74) is 4.22. The van der Waals surface area contributed by atoms with Gasteiger partial charge in [0.1, 0.15) is 11.9 Å². The van der Waals surface area contributed by atoms with E-state index in [1.165, 1.54) is 12.1 Å². The van der Waals surface area contributed by atoms with Gasteiger partial charge in [-0.25, -0.2) is 9.07 Å². The Kier molecular flexibility index (Phi) is 7.43. The molecule has 2 aliphatic rings. The molecule has 2 atom stereocenters. The third-order valence-corrected chi connectivity index (χ3v) is 8.57. The Balaban J connectivity index is 1.55. The van der Waals surface area contributed by atoms with Gasteiger partial charge in [0.25, 0.3) is 11.5 Å². The van der Waals surface area contributed by atoms with Crippen molar-refractivity contribution in [1.82, 2.24) is 14.3 Å². The second kappa shape index (κ2) is 10.6. The summed E-state index contributed by atoms with van der Waals surface area (Å²) in [5.74, 6) is -0.352. The van der Waals surface area contributed by atoms with Gasteiger partial charge in [0.2, 0.25) is 0 Å². The van der Waals surface area contributed by atoms with Gasteiger partial charge in [0.15, 0.2) is 0 Å². The lowest BCUT2D eigenvalue weighted by Gasteiger charge is -2.40. The first-order valence-electron chi connectivity index (χ1n) is 13.0. The molecule has 0 aliphatic carbocycles. The van der Waals surface area contributed by atoms with E-state index in [0.717, 1.165) is 28.9 Å². The van der Waals surface area contributed by atoms with Crippen molar-refractivity contribution in [2.45, 2.75) is 45.7 Å². The third kappa shape index (κ3) is 4.56. The molecule has 0 saturated carbocycles. The summed E-state index contributed by atoms with van der Waals surface area (Å²) in [4.78, 5) is 31.4. The number of aromatic nitrogens is 2. The second-order valence-electron chi connectivity index (χ2n) is 9.86. The van der Waals surface area contributed by atoms with Crippen LogP contribution >= 0.6 is 23.2 Å². The maximum Gasteiger partial charge on any atom is 0.266 e. The molecule has 0 N–H and O–H groups in total. The van der Waals surface area contributed by atoms with Gasteiger partial charge in [-0.1, -0.05) is 41.8 Å². The lowest BCUT2D eigenvalue weighted by Crippen LogP contribution is -2.50. The second-order valence-corrected chi connectivity index (χ2v) is 10.7. The number of carbonyl (C=O) groups is 1. The highest BCUT2D eigenvalue weighted by atomic mass is 35.5. The van der Waals surface area contributed by atoms with Gasteiger partial charge in [-0.05, 0) is 62.2 Å². The predicted molar refractivity (Wildman–Crippen MR) is 150 cm³/mol. The van der Waals surface area contributed by atoms with Gasteiger partial charge in [-0.3, -0.25) is 14.3 Å². The number of anilines is 1. The van der Waals surface area contributed by atoms with Gasteiger partial charge in [-0.15, -0.1) is 0 Å². The highest BCUT2D eigenvalue weighted by molar-refractivity contribution is 6.42. The molecule has 2 aromatic carbocycles. The van der Waals surface area contributed by atoms with Crippen molar-refractivity contribution >= 4 is 34.8 Å². The van der Waals surface area contributed by atoms with Gasteiger partial charge in [0.05, 0.1) is 10.0 Å². The standard InChI is InChI=1S/C29H31Cl2FN4O2/c1-4-22-18(3)27(29(38)34-14-12-33(13-15-34)21-9-7-20(32)8-10-21)28(19-6-11-23(30)24(31)16-19)36-25(22)17-26(37)35(36)5-2/h6-11,16-17,22,28H,4-5,12-15H2,1-3H3. The summed E-state index contributed by atoms with van der Waals surface area (Å²) in [6.07, 6.45) is 0.766. The number of hydrogen-bond donors (Lipinski definition) is 0. The van der Waals surface area contributed by atoms with Crippen molar-refractivity contribution < 1.29 is 9.18 Å². The van der Waals surface area contributed by atoms with Crippen LogP contribution < -0.4 is 10.5 Å². The van der Waals surface area contributed by atoms with E-state index in [4.69, 9.17) is 23.2 Å². The maximum absolute atomic E-state index is 14.3. The molecule has 0 spiro atoms. The van der Waals surface area contributed by atoms with Crippen LogP contribution in [-0.2, 0) is 11.3 Å². The fourth-order valence-corrected chi connectivity index (χ4v) is 6.20. The van der Waals surface area contributed by atoms with Crippen LogP contribution in [0.5, 0.6) is 0 Å². The summed E-state index contributed by atoms with van der Waals surface area (Å²) in [5, 5.41) is 0.835. The number of amides is 1. The fraction of sp³-hybridized carbons (Fsp3) is 0.379. The fourth-order valence-electron chi connectivity index (χ4n) is 5.90. The van der Waals surface area contributed by atoms with E-state index < -0.39 is 6.04 Å². The largest absolute Gasteiger partial charge is 0.368 e. The molecule has 3 heterocycles. The highest BCUT2D eigenvalue weighted by Crippen LogP contribution is 2.44. The summed E-state index contributed by atoms with van der Waals surface area (Å²) in [7, 11) is 0. The number of carbonyl (C=O) groups excluding carboxylic acids is 1. The topological polar surface area (TPSA) is 50.5 Å². The molecule has 38 heavy (non-hydrogen) atoms. The zero-order valence-corrected chi connectivity index (χ0v) is 23.3. The lowest BCUT2D eigenvalue weighted by atomic mass is 9.81. The van der Waals surface area contributed by atoms with Gasteiger partial charge in [0, 0.05) is 61.7 Å². The minimum atomic E-state index is -0.507. The van der Waals surface area contributed by atoms with E-state index in [9.17, 15) is 14.0 Å². The van der Waals surface area contributed by atoms with E-state index in [2.05, 4.69) is 11.8 Å². The van der Waals surface area contributed by atoms with Crippen molar-refractivity contribution in [2.24, 2.45) is 0 Å². The number of hydrogen-bond acceptors (Lipinski definition) is 3. The van der Waals surface area contributed by atoms with Crippen LogP contribution in [-0.4, -0.2) is 46.3 Å². The Morgan fingerprint density at radius 1 is 0.974 bits per heavy atom. The van der Waals surface area contributed by atoms with Gasteiger partial charge < -0.3 is 9.80 Å². The zero-order chi connectivity index (χ0) is 27.1. The van der Waals surface area contributed by atoms with Crippen LogP contribution in [0.25, 0.3) is 0 Å². The molecule has 5 rings (SSSR count). The number of piperazine rings is 1. The van der Waals surface area contributed by atoms with Crippen LogP contribution in [0.3, 0.4) is 0 Å². The van der Waals surface area contributed by atoms with Crippen LogP contribution in [0.1, 0.15) is 50.4 Å². The SMILES string of the molecule is CCC1C(C)=C(C(=O)N2CCN(c3ccc(F)cc3)CC2)C(c2ccc(Cl)c(Cl)c2)n2c1cc(=O)n2CC. The number of allylic oxidation sites excluding steroid dienone is 1. The van der Waals surface area contributed by atoms with Crippen molar-refractivity contribution in [3.63, 3.8) is 0 Å². The normalized spacial score (nSPS) is 19.6. The molecule has 6 nitrogen and oxygen atoms in total. The molecule has 2 unspecified atom stereocenters. The lowest BCUT2D eigenvalue weighted by molar-refractivity contribution is -0.128. The van der Waals surface area contributed by atoms with Crippen LogP contribution in [0.15, 0.2) is 64.5 Å². The molecular weight excluding hydrogens is 526 g/mol. The van der Waals surface area contributed by atoms with Crippen molar-refractivity contribution in [3.05, 3.63) is 97.2 Å². The van der Waals surface area contributed by atoms with E-state index in [1.54, 1.807) is 35.0 Å². The first kappa shape index (κ1) is 26.6. The summed E-state index contributed by atoms with van der Waals surface area (Å²) < 4.78 is 17.1. The minimum absolute atomic E-state index is 0.0368.